The first kappa shape index (κ1) is 13.8. The summed E-state index contributed by atoms with van der Waals surface area (Å²) in [5, 5.41) is 2.42. The molecule has 2 aliphatic rings. The van der Waals surface area contributed by atoms with Gasteiger partial charge < -0.3 is 9.64 Å². The van der Waals surface area contributed by atoms with Gasteiger partial charge >= 0.3 is 0 Å². The number of benzene rings is 2. The zero-order valence-corrected chi connectivity index (χ0v) is 13.1. The van der Waals surface area contributed by atoms with Crippen LogP contribution in [0.5, 0.6) is 0 Å². The van der Waals surface area contributed by atoms with Crippen molar-refractivity contribution in [3.63, 3.8) is 0 Å². The van der Waals surface area contributed by atoms with Gasteiger partial charge in [-0.25, -0.2) is 0 Å². The fraction of sp³-hybridized carbons (Fsp3) is 0.421. The molecular weight excluding hydrogens is 274 g/mol. The second-order valence-corrected chi connectivity index (χ2v) is 6.58. The molecule has 1 aliphatic heterocycles. The van der Waals surface area contributed by atoms with Crippen LogP contribution in [0.3, 0.4) is 0 Å². The van der Waals surface area contributed by atoms with Gasteiger partial charge in [0, 0.05) is 18.7 Å². The summed E-state index contributed by atoms with van der Waals surface area (Å²) in [5.74, 6) is 0.137. The topological polar surface area (TPSA) is 29.5 Å². The minimum atomic E-state index is 0.101. The maximum atomic E-state index is 13.0. The third-order valence-electron chi connectivity index (χ3n) is 4.81. The summed E-state index contributed by atoms with van der Waals surface area (Å²) < 4.78 is 5.74. The Hall–Kier alpha value is -1.87. The monoisotopic (exact) mass is 295 g/mol. The van der Waals surface area contributed by atoms with Gasteiger partial charge in [-0.2, -0.15) is 0 Å². The lowest BCUT2D eigenvalue weighted by atomic mass is 9.99. The van der Waals surface area contributed by atoms with Crippen molar-refractivity contribution in [3.05, 3.63) is 47.0 Å². The van der Waals surface area contributed by atoms with E-state index in [-0.39, 0.29) is 18.1 Å². The number of morpholine rings is 1. The number of hydrogen-bond donors (Lipinski definition) is 0. The van der Waals surface area contributed by atoms with Crippen LogP contribution >= 0.6 is 0 Å². The molecule has 0 spiro atoms. The zero-order chi connectivity index (χ0) is 15.3. The van der Waals surface area contributed by atoms with E-state index in [2.05, 4.69) is 24.3 Å². The fourth-order valence-corrected chi connectivity index (χ4v) is 3.95. The minimum Gasteiger partial charge on any atom is -0.372 e. The Morgan fingerprint density at radius 2 is 1.73 bits per heavy atom. The van der Waals surface area contributed by atoms with Gasteiger partial charge in [0.1, 0.15) is 0 Å². The van der Waals surface area contributed by atoms with Crippen LogP contribution in [0.1, 0.15) is 35.3 Å². The highest BCUT2D eigenvalue weighted by molar-refractivity contribution is 6.09. The van der Waals surface area contributed by atoms with Crippen molar-refractivity contribution < 1.29 is 9.53 Å². The maximum absolute atomic E-state index is 13.0. The molecule has 0 saturated carbocycles. The Kier molecular flexibility index (Phi) is 3.19. The average Bonchev–Trinajstić information content (AvgIpc) is 2.91. The first-order chi connectivity index (χ1) is 10.6. The number of ether oxygens (including phenoxy) is 1. The first-order valence-electron chi connectivity index (χ1n) is 8.11. The van der Waals surface area contributed by atoms with Gasteiger partial charge in [-0.3, -0.25) is 4.79 Å². The summed E-state index contributed by atoms with van der Waals surface area (Å²) in [6.45, 7) is 5.41. The van der Waals surface area contributed by atoms with Crippen LogP contribution in [-0.4, -0.2) is 36.1 Å². The van der Waals surface area contributed by atoms with Gasteiger partial charge in [0.25, 0.3) is 5.91 Å². The van der Waals surface area contributed by atoms with Crippen LogP contribution in [0.4, 0.5) is 0 Å². The van der Waals surface area contributed by atoms with Crippen molar-refractivity contribution >= 4 is 16.7 Å². The first-order valence-corrected chi connectivity index (χ1v) is 8.11. The smallest absolute Gasteiger partial charge is 0.254 e. The molecule has 2 aromatic carbocycles. The predicted octanol–water partition coefficient (Wildman–Crippen LogP) is 3.19. The van der Waals surface area contributed by atoms with Crippen LogP contribution in [0.15, 0.2) is 30.3 Å². The fourth-order valence-electron chi connectivity index (χ4n) is 3.95. The molecule has 1 heterocycles. The number of aryl methyl sites for hydroxylation is 2. The van der Waals surface area contributed by atoms with Gasteiger partial charge in [-0.15, -0.1) is 0 Å². The van der Waals surface area contributed by atoms with Gasteiger partial charge in [-0.1, -0.05) is 24.3 Å². The van der Waals surface area contributed by atoms with E-state index in [1.54, 1.807) is 0 Å². The van der Waals surface area contributed by atoms with Crippen molar-refractivity contribution in [2.45, 2.75) is 38.9 Å². The van der Waals surface area contributed by atoms with Crippen LogP contribution < -0.4 is 0 Å². The number of rotatable bonds is 1. The van der Waals surface area contributed by atoms with Crippen LogP contribution in [0, 0.1) is 0 Å². The van der Waals surface area contributed by atoms with Gasteiger partial charge in [0.15, 0.2) is 0 Å². The van der Waals surface area contributed by atoms with E-state index < -0.39 is 0 Å². The van der Waals surface area contributed by atoms with E-state index in [0.29, 0.717) is 13.1 Å². The molecule has 1 fully saturated rings. The molecule has 1 aliphatic carbocycles. The van der Waals surface area contributed by atoms with Crippen molar-refractivity contribution in [1.29, 1.82) is 0 Å². The van der Waals surface area contributed by atoms with Crippen LogP contribution in [0.25, 0.3) is 10.8 Å². The molecule has 0 bridgehead atoms. The summed E-state index contributed by atoms with van der Waals surface area (Å²) in [7, 11) is 0. The minimum absolute atomic E-state index is 0.101. The summed E-state index contributed by atoms with van der Waals surface area (Å²) in [5.41, 5.74) is 3.60. The molecule has 2 unspecified atom stereocenters. The second-order valence-electron chi connectivity index (χ2n) is 6.58. The van der Waals surface area contributed by atoms with Crippen molar-refractivity contribution in [3.8, 4) is 0 Å². The molecule has 1 saturated heterocycles. The van der Waals surface area contributed by atoms with Crippen LogP contribution in [0.2, 0.25) is 0 Å². The molecule has 0 aromatic heterocycles. The number of carbonyl (C=O) groups excluding carboxylic acids is 1. The van der Waals surface area contributed by atoms with E-state index >= 15 is 0 Å². The Morgan fingerprint density at radius 3 is 2.45 bits per heavy atom. The number of hydrogen-bond acceptors (Lipinski definition) is 2. The van der Waals surface area contributed by atoms with Gasteiger partial charge in [-0.05, 0) is 54.7 Å². The van der Waals surface area contributed by atoms with Gasteiger partial charge in [0.2, 0.25) is 0 Å². The van der Waals surface area contributed by atoms with E-state index in [4.69, 9.17) is 4.74 Å². The molecule has 114 valence electrons. The Bertz CT molecular complexity index is 732. The SMILES string of the molecule is CC1CN(C(=O)c2ccc3c4c(cccc24)CC3)CC(C)O1. The van der Waals surface area contributed by atoms with Crippen molar-refractivity contribution in [2.75, 3.05) is 13.1 Å². The Balaban J connectivity index is 1.77. The maximum Gasteiger partial charge on any atom is 0.254 e. The lowest BCUT2D eigenvalue weighted by Gasteiger charge is -2.35. The van der Waals surface area contributed by atoms with E-state index in [9.17, 15) is 4.79 Å². The summed E-state index contributed by atoms with van der Waals surface area (Å²) in [6.07, 6.45) is 2.39. The highest BCUT2D eigenvalue weighted by Crippen LogP contribution is 2.33. The third-order valence-corrected chi connectivity index (χ3v) is 4.81. The Morgan fingerprint density at radius 1 is 1.05 bits per heavy atom. The molecule has 3 heteroatoms. The highest BCUT2D eigenvalue weighted by atomic mass is 16.5. The van der Waals surface area contributed by atoms with Gasteiger partial charge in [0.05, 0.1) is 12.2 Å². The molecule has 4 rings (SSSR count). The molecule has 22 heavy (non-hydrogen) atoms. The molecule has 0 N–H and O–H groups in total. The Labute approximate surface area is 130 Å². The molecule has 1 amide bonds. The lowest BCUT2D eigenvalue weighted by Crippen LogP contribution is -2.48. The van der Waals surface area contributed by atoms with Crippen molar-refractivity contribution in [2.24, 2.45) is 0 Å². The van der Waals surface area contributed by atoms with E-state index in [1.165, 1.54) is 16.5 Å². The molecule has 3 nitrogen and oxygen atoms in total. The normalized spacial score (nSPS) is 24.0. The molecule has 2 atom stereocenters. The largest absolute Gasteiger partial charge is 0.372 e. The number of amides is 1. The molecule has 2 aromatic rings. The summed E-state index contributed by atoms with van der Waals surface area (Å²) in [6, 6.07) is 10.5. The lowest BCUT2D eigenvalue weighted by molar-refractivity contribution is -0.0585. The zero-order valence-electron chi connectivity index (χ0n) is 13.1. The molecule has 0 radical (unpaired) electrons. The standard InChI is InChI=1S/C19H21NO2/c1-12-10-20(11-13(2)22-12)19(21)17-9-8-15-7-6-14-4-3-5-16(17)18(14)15/h3-5,8-9,12-13H,6-7,10-11H2,1-2H3. The van der Waals surface area contributed by atoms with E-state index in [1.807, 2.05) is 24.8 Å². The second kappa shape index (κ2) is 5.10. The van der Waals surface area contributed by atoms with Crippen LogP contribution in [-0.2, 0) is 17.6 Å². The third kappa shape index (κ3) is 2.12. The number of carbonyl (C=O) groups is 1. The summed E-state index contributed by atoms with van der Waals surface area (Å²) >= 11 is 0. The quantitative estimate of drug-likeness (QED) is 0.808. The number of nitrogens with zero attached hydrogens (tertiary/aromatic N) is 1. The molecular formula is C19H21NO2. The predicted molar refractivity (Wildman–Crippen MR) is 87.3 cm³/mol. The average molecular weight is 295 g/mol. The van der Waals surface area contributed by atoms with E-state index in [0.717, 1.165) is 23.8 Å². The van der Waals surface area contributed by atoms with Crippen molar-refractivity contribution in [1.82, 2.24) is 4.90 Å². The summed E-state index contributed by atoms with van der Waals surface area (Å²) in [4.78, 5) is 15.0. The highest BCUT2D eigenvalue weighted by Gasteiger charge is 2.28.